The highest BCUT2D eigenvalue weighted by Gasteiger charge is 2.53. The van der Waals surface area contributed by atoms with Gasteiger partial charge in [-0.1, -0.05) is 0 Å². The molecule has 0 bridgehead atoms. The van der Waals surface area contributed by atoms with Gasteiger partial charge in [0.2, 0.25) is 6.23 Å². The van der Waals surface area contributed by atoms with Crippen LogP contribution in [0.25, 0.3) is 0 Å². The van der Waals surface area contributed by atoms with Crippen LogP contribution in [0.5, 0.6) is 0 Å². The quantitative estimate of drug-likeness (QED) is 0.583. The third-order valence-corrected chi connectivity index (χ3v) is 5.76. The zero-order valence-corrected chi connectivity index (χ0v) is 20.2. The summed E-state index contributed by atoms with van der Waals surface area (Å²) in [6.07, 6.45) is -14.1. The summed E-state index contributed by atoms with van der Waals surface area (Å²) < 4.78 is 91.3. The second-order valence-corrected chi connectivity index (χ2v) is 9.76. The number of nitrogens with zero attached hydrogens (tertiary/aromatic N) is 3. The summed E-state index contributed by atoms with van der Waals surface area (Å²) in [4.78, 5) is 26.9. The molecule has 37 heavy (non-hydrogen) atoms. The van der Waals surface area contributed by atoms with E-state index in [0.717, 1.165) is 12.1 Å². The number of piperidine rings is 1. The van der Waals surface area contributed by atoms with Crippen LogP contribution in [0.1, 0.15) is 44.7 Å². The lowest BCUT2D eigenvalue weighted by atomic mass is 10.0. The zero-order chi connectivity index (χ0) is 27.8. The van der Waals surface area contributed by atoms with E-state index < -0.39 is 71.7 Å². The normalized spacial score (nSPS) is 21.5. The van der Waals surface area contributed by atoms with Crippen LogP contribution in [0, 0.1) is 11.3 Å². The predicted octanol–water partition coefficient (Wildman–Crippen LogP) is 4.19. The first-order valence-electron chi connectivity index (χ1n) is 11.4. The van der Waals surface area contributed by atoms with E-state index in [4.69, 9.17) is 14.7 Å². The van der Waals surface area contributed by atoms with E-state index >= 15 is 0 Å². The number of carbonyl (C=O) groups excluding carboxylic acids is 2. The van der Waals surface area contributed by atoms with Crippen LogP contribution in [0.3, 0.4) is 0 Å². The van der Waals surface area contributed by atoms with E-state index in [2.05, 4.69) is 5.32 Å². The lowest BCUT2D eigenvalue weighted by Gasteiger charge is -2.34. The molecule has 1 aromatic carbocycles. The highest BCUT2D eigenvalue weighted by Crippen LogP contribution is 2.39. The largest absolute Gasteiger partial charge is 0.444 e. The Morgan fingerprint density at radius 3 is 2.24 bits per heavy atom. The van der Waals surface area contributed by atoms with Crippen molar-refractivity contribution in [1.29, 1.82) is 5.26 Å². The van der Waals surface area contributed by atoms with Gasteiger partial charge in [0, 0.05) is 24.8 Å². The minimum Gasteiger partial charge on any atom is -0.444 e. The number of nitrogens with one attached hydrogen (secondary N) is 1. The smallest absolute Gasteiger partial charge is 0.433 e. The molecule has 1 aromatic rings. The first-order valence-corrected chi connectivity index (χ1v) is 11.4. The zero-order valence-electron chi connectivity index (χ0n) is 20.2. The van der Waals surface area contributed by atoms with Crippen molar-refractivity contribution in [2.24, 2.45) is 0 Å². The summed E-state index contributed by atoms with van der Waals surface area (Å²) in [5, 5.41) is 11.5. The molecule has 0 aromatic heterocycles. The fourth-order valence-corrected chi connectivity index (χ4v) is 4.06. The molecule has 2 fully saturated rings. The Morgan fingerprint density at radius 1 is 1.11 bits per heavy atom. The Hall–Kier alpha value is -3.21. The molecule has 2 atom stereocenters. The number of anilines is 1. The number of nitriles is 1. The maximum Gasteiger partial charge on any atom is 0.433 e. The molecule has 14 heteroatoms. The van der Waals surface area contributed by atoms with E-state index in [0.29, 0.717) is 23.8 Å². The maximum absolute atomic E-state index is 13.7. The van der Waals surface area contributed by atoms with E-state index in [1.54, 1.807) is 20.8 Å². The number of hydrogen-bond donors (Lipinski definition) is 1. The van der Waals surface area contributed by atoms with Crippen molar-refractivity contribution in [3.63, 3.8) is 0 Å². The Kier molecular flexibility index (Phi) is 7.88. The first kappa shape index (κ1) is 28.4. The minimum absolute atomic E-state index is 0.258. The summed E-state index contributed by atoms with van der Waals surface area (Å²) in [5.74, 6) is -0.850. The van der Waals surface area contributed by atoms with Gasteiger partial charge in [-0.05, 0) is 51.8 Å². The SMILES string of the molecule is CC(C)(C)OC(=O)N1CCC(NC(=O)C2CN(c3ccc(C#N)c(C(F)(F)F)c3)C(C(F)(F)F)O2)CC1. The monoisotopic (exact) mass is 536 g/mol. The molecule has 0 aliphatic carbocycles. The Bertz CT molecular complexity index is 1060. The first-order chi connectivity index (χ1) is 17.0. The molecular formula is C23H26F6N4O4. The van der Waals surface area contributed by atoms with Gasteiger partial charge in [-0.25, -0.2) is 4.79 Å². The van der Waals surface area contributed by atoms with Gasteiger partial charge in [0.05, 0.1) is 23.7 Å². The second-order valence-electron chi connectivity index (χ2n) is 9.76. The minimum atomic E-state index is -5.01. The molecule has 8 nitrogen and oxygen atoms in total. The predicted molar refractivity (Wildman–Crippen MR) is 117 cm³/mol. The summed E-state index contributed by atoms with van der Waals surface area (Å²) in [7, 11) is 0. The van der Waals surface area contributed by atoms with Crippen molar-refractivity contribution >= 4 is 17.7 Å². The van der Waals surface area contributed by atoms with Gasteiger partial charge in [-0.3, -0.25) is 4.79 Å². The Labute approximate surface area is 209 Å². The number of hydrogen-bond acceptors (Lipinski definition) is 6. The van der Waals surface area contributed by atoms with Crippen molar-refractivity contribution in [2.75, 3.05) is 24.5 Å². The molecule has 3 rings (SSSR count). The lowest BCUT2D eigenvalue weighted by Crippen LogP contribution is -2.50. The molecule has 1 N–H and O–H groups in total. The standard InChI is InChI=1S/C23H26F6N4O4/c1-21(2,3)37-20(35)32-8-6-14(7-9-32)31-18(34)17-12-33(19(36-17)23(27,28)29)15-5-4-13(11-30)16(10-15)22(24,25)26/h4-5,10,14,17,19H,6-9,12H2,1-3H3,(H,31,34). The fourth-order valence-electron chi connectivity index (χ4n) is 4.06. The van der Waals surface area contributed by atoms with E-state index in [1.807, 2.05) is 0 Å². The summed E-state index contributed by atoms with van der Waals surface area (Å²) in [5.41, 5.74) is -3.31. The van der Waals surface area contributed by atoms with Gasteiger partial charge >= 0.3 is 18.4 Å². The van der Waals surface area contributed by atoms with E-state index in [-0.39, 0.29) is 13.1 Å². The van der Waals surface area contributed by atoms with Crippen LogP contribution in [0.15, 0.2) is 18.2 Å². The van der Waals surface area contributed by atoms with Crippen LogP contribution in [-0.4, -0.2) is 66.7 Å². The maximum atomic E-state index is 13.7. The third-order valence-electron chi connectivity index (χ3n) is 5.76. The Balaban J connectivity index is 1.69. The number of rotatable bonds is 3. The number of benzene rings is 1. The average molecular weight is 536 g/mol. The van der Waals surface area contributed by atoms with Crippen molar-refractivity contribution in [3.05, 3.63) is 29.3 Å². The highest BCUT2D eigenvalue weighted by molar-refractivity contribution is 5.82. The van der Waals surface area contributed by atoms with Crippen molar-refractivity contribution in [3.8, 4) is 6.07 Å². The molecule has 2 saturated heterocycles. The number of amides is 2. The van der Waals surface area contributed by atoms with E-state index in [1.165, 1.54) is 11.0 Å². The summed E-state index contributed by atoms with van der Waals surface area (Å²) in [6, 6.07) is 3.08. The van der Waals surface area contributed by atoms with Crippen LogP contribution >= 0.6 is 0 Å². The van der Waals surface area contributed by atoms with Crippen molar-refractivity contribution in [2.45, 2.75) is 69.9 Å². The number of halogens is 6. The van der Waals surface area contributed by atoms with Gasteiger partial charge in [0.1, 0.15) is 5.60 Å². The molecule has 204 valence electrons. The Morgan fingerprint density at radius 2 is 1.73 bits per heavy atom. The van der Waals surface area contributed by atoms with Crippen LogP contribution < -0.4 is 10.2 Å². The molecule has 0 radical (unpaired) electrons. The molecule has 2 aliphatic rings. The van der Waals surface area contributed by atoms with Crippen LogP contribution in [0.4, 0.5) is 36.8 Å². The van der Waals surface area contributed by atoms with Crippen LogP contribution in [-0.2, 0) is 20.4 Å². The molecule has 2 heterocycles. The molecule has 0 spiro atoms. The molecular weight excluding hydrogens is 510 g/mol. The third kappa shape index (κ3) is 6.97. The molecule has 2 unspecified atom stereocenters. The van der Waals surface area contributed by atoms with Gasteiger partial charge in [0.15, 0.2) is 6.10 Å². The van der Waals surface area contributed by atoms with Crippen molar-refractivity contribution < 1.29 is 45.4 Å². The average Bonchev–Trinajstić information content (AvgIpc) is 3.24. The molecule has 2 aliphatic heterocycles. The number of ether oxygens (including phenoxy) is 2. The number of alkyl halides is 6. The topological polar surface area (TPSA) is 94.9 Å². The lowest BCUT2D eigenvalue weighted by molar-refractivity contribution is -0.213. The van der Waals surface area contributed by atoms with Crippen molar-refractivity contribution in [1.82, 2.24) is 10.2 Å². The van der Waals surface area contributed by atoms with Gasteiger partial charge < -0.3 is 24.6 Å². The molecule has 0 saturated carbocycles. The van der Waals surface area contributed by atoms with E-state index in [9.17, 15) is 35.9 Å². The highest BCUT2D eigenvalue weighted by atomic mass is 19.4. The van der Waals surface area contributed by atoms with Crippen LogP contribution in [0.2, 0.25) is 0 Å². The summed E-state index contributed by atoms with van der Waals surface area (Å²) >= 11 is 0. The summed E-state index contributed by atoms with van der Waals surface area (Å²) in [6.45, 7) is 5.02. The molecule has 2 amide bonds. The van der Waals surface area contributed by atoms with Gasteiger partial charge in [0.25, 0.3) is 5.91 Å². The second kappa shape index (κ2) is 10.3. The number of likely N-dealkylation sites (tertiary alicyclic amines) is 1. The van der Waals surface area contributed by atoms with Gasteiger partial charge in [-0.15, -0.1) is 0 Å². The van der Waals surface area contributed by atoms with Gasteiger partial charge in [-0.2, -0.15) is 31.6 Å². The fraction of sp³-hybridized carbons (Fsp3) is 0.609. The number of carbonyl (C=O) groups is 2.